The van der Waals surface area contributed by atoms with Gasteiger partial charge in [-0.1, -0.05) is 31.4 Å². The molecule has 4 atom stereocenters. The van der Waals surface area contributed by atoms with Crippen LogP contribution in [0.3, 0.4) is 0 Å². The van der Waals surface area contributed by atoms with E-state index in [1.54, 1.807) is 6.20 Å². The Morgan fingerprint density at radius 1 is 1.28 bits per heavy atom. The van der Waals surface area contributed by atoms with Crippen LogP contribution in [0.2, 0.25) is 5.02 Å². The van der Waals surface area contributed by atoms with Gasteiger partial charge in [0.05, 0.1) is 23.6 Å². The zero-order valence-electron chi connectivity index (χ0n) is 13.9. The molecule has 8 nitrogen and oxygen atoms in total. The van der Waals surface area contributed by atoms with Gasteiger partial charge in [0.1, 0.15) is 24.6 Å². The van der Waals surface area contributed by atoms with Gasteiger partial charge < -0.3 is 29.4 Å². The Morgan fingerprint density at radius 3 is 2.76 bits per heavy atom. The molecular weight excluding hydrogens is 350 g/mol. The minimum absolute atomic E-state index is 0.360. The maximum absolute atomic E-state index is 10.2. The summed E-state index contributed by atoms with van der Waals surface area (Å²) < 4.78 is 12.8. The van der Waals surface area contributed by atoms with Gasteiger partial charge in [-0.05, 0) is 6.42 Å². The molecule has 0 aromatic carbocycles. The van der Waals surface area contributed by atoms with E-state index in [0.717, 1.165) is 19.3 Å². The molecular formula is C16H22ClN3O5. The van der Waals surface area contributed by atoms with Gasteiger partial charge >= 0.3 is 0 Å². The molecule has 0 radical (unpaired) electrons. The monoisotopic (exact) mass is 371 g/mol. The quantitative estimate of drug-likeness (QED) is 0.628. The first-order valence-corrected chi connectivity index (χ1v) is 8.72. The number of unbranched alkanes of at least 4 members (excludes halogenated alkanes) is 2. The molecule has 1 aliphatic heterocycles. The van der Waals surface area contributed by atoms with Crippen molar-refractivity contribution in [2.75, 3.05) is 13.2 Å². The van der Waals surface area contributed by atoms with Crippen LogP contribution >= 0.6 is 11.6 Å². The summed E-state index contributed by atoms with van der Waals surface area (Å²) in [5, 5.41) is 30.3. The predicted molar refractivity (Wildman–Crippen MR) is 90.6 cm³/mol. The minimum Gasteiger partial charge on any atom is -0.477 e. The van der Waals surface area contributed by atoms with E-state index in [9.17, 15) is 15.3 Å². The number of hydrogen-bond acceptors (Lipinski definition) is 7. The van der Waals surface area contributed by atoms with Crippen molar-refractivity contribution in [1.82, 2.24) is 14.5 Å². The summed E-state index contributed by atoms with van der Waals surface area (Å²) >= 11 is 6.33. The zero-order chi connectivity index (χ0) is 18.0. The van der Waals surface area contributed by atoms with E-state index in [4.69, 9.17) is 21.1 Å². The standard InChI is InChI=1S/C16H22ClN3O5/c1-2-3-4-5-24-15-11-9(17)6-20(14(11)18-8-19-15)16-13(23)12(22)10(7-21)25-16/h6,8,10,12-13,16,21-23H,2-5,7H2,1H3/t10-,12-,13-,16-/m1/s1. The van der Waals surface area contributed by atoms with Gasteiger partial charge in [0, 0.05) is 6.20 Å². The first-order valence-electron chi connectivity index (χ1n) is 8.34. The Hall–Kier alpha value is -1.45. The van der Waals surface area contributed by atoms with Gasteiger partial charge in [0.25, 0.3) is 0 Å². The van der Waals surface area contributed by atoms with Crippen LogP contribution in [-0.4, -0.2) is 61.4 Å². The first kappa shape index (κ1) is 18.3. The molecule has 2 aromatic rings. The van der Waals surface area contributed by atoms with Crippen LogP contribution in [0.25, 0.3) is 11.0 Å². The lowest BCUT2D eigenvalue weighted by atomic mass is 10.1. The molecule has 0 amide bonds. The van der Waals surface area contributed by atoms with Crippen molar-refractivity contribution in [3.8, 4) is 5.88 Å². The Kier molecular flexibility index (Phi) is 5.75. The number of hydrogen-bond donors (Lipinski definition) is 3. The molecule has 3 N–H and O–H groups in total. The van der Waals surface area contributed by atoms with Crippen molar-refractivity contribution in [3.63, 3.8) is 0 Å². The van der Waals surface area contributed by atoms with E-state index in [1.807, 2.05) is 0 Å². The lowest BCUT2D eigenvalue weighted by Gasteiger charge is -2.17. The number of rotatable bonds is 7. The van der Waals surface area contributed by atoms with Gasteiger partial charge in [-0.2, -0.15) is 0 Å². The summed E-state index contributed by atoms with van der Waals surface area (Å²) in [6.45, 7) is 2.23. The molecule has 138 valence electrons. The highest BCUT2D eigenvalue weighted by Crippen LogP contribution is 2.37. The zero-order valence-corrected chi connectivity index (χ0v) is 14.6. The van der Waals surface area contributed by atoms with E-state index >= 15 is 0 Å². The van der Waals surface area contributed by atoms with Gasteiger partial charge in [-0.3, -0.25) is 0 Å². The summed E-state index contributed by atoms with van der Waals surface area (Å²) in [5.74, 6) is 0.372. The second-order valence-electron chi connectivity index (χ2n) is 6.05. The molecule has 25 heavy (non-hydrogen) atoms. The SMILES string of the molecule is CCCCCOc1ncnc2c1c(Cl)cn2[C@@H]1O[C@H](CO)[C@@H](O)[C@H]1O. The molecule has 0 saturated carbocycles. The highest BCUT2D eigenvalue weighted by Gasteiger charge is 2.44. The first-order chi connectivity index (χ1) is 12.1. The summed E-state index contributed by atoms with van der Waals surface area (Å²) in [6, 6.07) is 0. The van der Waals surface area contributed by atoms with Crippen molar-refractivity contribution < 1.29 is 24.8 Å². The lowest BCUT2D eigenvalue weighted by molar-refractivity contribution is -0.0508. The topological polar surface area (TPSA) is 110 Å². The van der Waals surface area contributed by atoms with Gasteiger partial charge in [-0.25, -0.2) is 9.97 Å². The number of ether oxygens (including phenoxy) is 2. The lowest BCUT2D eigenvalue weighted by Crippen LogP contribution is -2.33. The molecule has 2 aromatic heterocycles. The Morgan fingerprint density at radius 2 is 2.08 bits per heavy atom. The second-order valence-corrected chi connectivity index (χ2v) is 6.45. The number of aromatic nitrogens is 3. The molecule has 1 fully saturated rings. The molecule has 0 unspecified atom stereocenters. The maximum atomic E-state index is 10.2. The molecule has 3 rings (SSSR count). The predicted octanol–water partition coefficient (Wildman–Crippen LogP) is 1.27. The van der Waals surface area contributed by atoms with Crippen LogP contribution in [0.15, 0.2) is 12.5 Å². The molecule has 1 aliphatic rings. The Balaban J connectivity index is 1.91. The highest BCUT2D eigenvalue weighted by atomic mass is 35.5. The average molecular weight is 372 g/mol. The molecule has 0 bridgehead atoms. The van der Waals surface area contributed by atoms with Crippen molar-refractivity contribution in [3.05, 3.63) is 17.5 Å². The fourth-order valence-electron chi connectivity index (χ4n) is 2.95. The third-order valence-electron chi connectivity index (χ3n) is 4.31. The summed E-state index contributed by atoms with van der Waals surface area (Å²) in [4.78, 5) is 8.36. The van der Waals surface area contributed by atoms with Crippen molar-refractivity contribution in [1.29, 1.82) is 0 Å². The van der Waals surface area contributed by atoms with E-state index in [2.05, 4.69) is 16.9 Å². The highest BCUT2D eigenvalue weighted by molar-refractivity contribution is 6.35. The number of fused-ring (bicyclic) bond motifs is 1. The Bertz CT molecular complexity index is 725. The molecule has 1 saturated heterocycles. The molecule has 9 heteroatoms. The largest absolute Gasteiger partial charge is 0.477 e. The third kappa shape index (κ3) is 3.45. The number of halogens is 1. The molecule has 0 spiro atoms. The molecule has 3 heterocycles. The minimum atomic E-state index is -1.22. The van der Waals surface area contributed by atoms with E-state index < -0.39 is 31.1 Å². The Labute approximate surface area is 150 Å². The van der Waals surface area contributed by atoms with Crippen LogP contribution in [0.5, 0.6) is 5.88 Å². The second kappa shape index (κ2) is 7.84. The smallest absolute Gasteiger partial charge is 0.227 e. The van der Waals surface area contributed by atoms with Crippen LogP contribution in [0.1, 0.15) is 32.4 Å². The van der Waals surface area contributed by atoms with E-state index in [1.165, 1.54) is 10.9 Å². The van der Waals surface area contributed by atoms with Gasteiger partial charge in [0.15, 0.2) is 11.9 Å². The van der Waals surface area contributed by atoms with Crippen LogP contribution in [0, 0.1) is 0 Å². The maximum Gasteiger partial charge on any atom is 0.227 e. The fourth-order valence-corrected chi connectivity index (χ4v) is 3.22. The number of nitrogens with zero attached hydrogens (tertiary/aromatic N) is 3. The van der Waals surface area contributed by atoms with Gasteiger partial charge in [-0.15, -0.1) is 0 Å². The number of aliphatic hydroxyl groups excluding tert-OH is 3. The fraction of sp³-hybridized carbons (Fsp3) is 0.625. The summed E-state index contributed by atoms with van der Waals surface area (Å²) in [5.41, 5.74) is 0.431. The average Bonchev–Trinajstić information content (AvgIpc) is 3.10. The number of aliphatic hydroxyl groups is 3. The third-order valence-corrected chi connectivity index (χ3v) is 4.59. The van der Waals surface area contributed by atoms with Crippen molar-refractivity contribution in [2.24, 2.45) is 0 Å². The van der Waals surface area contributed by atoms with Crippen molar-refractivity contribution >= 4 is 22.6 Å². The summed E-state index contributed by atoms with van der Waals surface area (Å²) in [6.07, 6.45) is 1.77. The van der Waals surface area contributed by atoms with E-state index in [-0.39, 0.29) is 0 Å². The van der Waals surface area contributed by atoms with E-state index in [0.29, 0.717) is 28.5 Å². The van der Waals surface area contributed by atoms with Crippen LogP contribution < -0.4 is 4.74 Å². The molecule has 0 aliphatic carbocycles. The normalized spacial score (nSPS) is 26.4. The van der Waals surface area contributed by atoms with Gasteiger partial charge in [0.2, 0.25) is 5.88 Å². The van der Waals surface area contributed by atoms with Crippen molar-refractivity contribution in [2.45, 2.75) is 50.7 Å². The van der Waals surface area contributed by atoms with Crippen LogP contribution in [-0.2, 0) is 4.74 Å². The summed E-state index contributed by atoms with van der Waals surface area (Å²) in [7, 11) is 0. The van der Waals surface area contributed by atoms with Crippen LogP contribution in [0.4, 0.5) is 0 Å².